The molecule has 0 radical (unpaired) electrons. The molecule has 0 aliphatic carbocycles. The van der Waals surface area contributed by atoms with Gasteiger partial charge in [-0.05, 0) is 62.1 Å². The zero-order chi connectivity index (χ0) is 20.8. The van der Waals surface area contributed by atoms with Crippen molar-refractivity contribution in [2.45, 2.75) is 110 Å². The Hall–Kier alpha value is -0.960. The number of nitrogens with one attached hydrogen (secondary N) is 1. The molecule has 1 atom stereocenters. The summed E-state index contributed by atoms with van der Waals surface area (Å²) < 4.78 is 0. The summed E-state index contributed by atoms with van der Waals surface area (Å²) in [6.45, 7) is 10.7. The van der Waals surface area contributed by atoms with Crippen LogP contribution in [0, 0.1) is 20.8 Å². The van der Waals surface area contributed by atoms with E-state index in [-0.39, 0.29) is 11.2 Å². The van der Waals surface area contributed by atoms with E-state index >= 15 is 0 Å². The van der Waals surface area contributed by atoms with E-state index in [0.717, 1.165) is 17.9 Å². The van der Waals surface area contributed by atoms with Crippen LogP contribution in [0.3, 0.4) is 0 Å². The predicted octanol–water partition coefficient (Wildman–Crippen LogP) is 7.98. The Labute approximate surface area is 178 Å². The lowest BCUT2D eigenvalue weighted by molar-refractivity contribution is -0.115. The molecule has 1 N–H and O–H groups in total. The standard InChI is InChI=1S/C25H43NOS/c1-6-8-9-10-11-12-13-14-15-16-17-28-24(7-2)25(27)26-23-19-20(3)18-21(4)22(23)5/h18-19,24H,6-17H2,1-5H3,(H,26,27). The van der Waals surface area contributed by atoms with Gasteiger partial charge in [0.25, 0.3) is 0 Å². The zero-order valence-corrected chi connectivity index (χ0v) is 19.9. The van der Waals surface area contributed by atoms with E-state index in [1.807, 2.05) is 11.8 Å². The van der Waals surface area contributed by atoms with E-state index in [9.17, 15) is 4.79 Å². The summed E-state index contributed by atoms with van der Waals surface area (Å²) >= 11 is 1.83. The molecule has 0 aliphatic heterocycles. The Kier molecular flexibility index (Phi) is 13.4. The van der Waals surface area contributed by atoms with Gasteiger partial charge in [-0.3, -0.25) is 4.79 Å². The Balaban J connectivity index is 2.21. The number of carbonyl (C=O) groups excluding carboxylic acids is 1. The molecule has 0 bridgehead atoms. The molecule has 1 aromatic rings. The minimum atomic E-state index is 0.0544. The highest BCUT2D eigenvalue weighted by molar-refractivity contribution is 8.00. The van der Waals surface area contributed by atoms with Crippen molar-refractivity contribution >= 4 is 23.4 Å². The molecule has 0 aliphatic rings. The van der Waals surface area contributed by atoms with Gasteiger partial charge in [-0.2, -0.15) is 0 Å². The van der Waals surface area contributed by atoms with Crippen LogP contribution >= 0.6 is 11.8 Å². The minimum Gasteiger partial charge on any atom is -0.325 e. The first-order valence-corrected chi connectivity index (χ1v) is 12.5. The Morgan fingerprint density at radius 2 is 1.46 bits per heavy atom. The Bertz CT molecular complexity index is 570. The van der Waals surface area contributed by atoms with Gasteiger partial charge in [-0.25, -0.2) is 0 Å². The number of hydrogen-bond donors (Lipinski definition) is 1. The van der Waals surface area contributed by atoms with E-state index in [0.29, 0.717) is 0 Å². The molecule has 1 amide bonds. The molecule has 0 heterocycles. The van der Waals surface area contributed by atoms with Crippen LogP contribution in [0.2, 0.25) is 0 Å². The molecule has 2 nitrogen and oxygen atoms in total. The second kappa shape index (κ2) is 15.0. The molecule has 0 aromatic heterocycles. The van der Waals surface area contributed by atoms with E-state index in [4.69, 9.17) is 0 Å². The van der Waals surface area contributed by atoms with Gasteiger partial charge in [0.2, 0.25) is 5.91 Å². The molecular weight excluding hydrogens is 362 g/mol. The maximum absolute atomic E-state index is 12.7. The van der Waals surface area contributed by atoms with Crippen molar-refractivity contribution in [1.29, 1.82) is 0 Å². The summed E-state index contributed by atoms with van der Waals surface area (Å²) in [5, 5.41) is 3.23. The van der Waals surface area contributed by atoms with Crippen LogP contribution in [0.15, 0.2) is 12.1 Å². The second-order valence-corrected chi connectivity index (χ2v) is 9.50. The van der Waals surface area contributed by atoms with Crippen LogP contribution in [0.5, 0.6) is 0 Å². The summed E-state index contributed by atoms with van der Waals surface area (Å²) in [5.41, 5.74) is 4.58. The molecule has 1 unspecified atom stereocenters. The maximum atomic E-state index is 12.7. The monoisotopic (exact) mass is 405 g/mol. The van der Waals surface area contributed by atoms with Crippen LogP contribution in [-0.4, -0.2) is 16.9 Å². The molecule has 0 fully saturated rings. The number of amides is 1. The number of hydrogen-bond acceptors (Lipinski definition) is 2. The average Bonchev–Trinajstić information content (AvgIpc) is 2.66. The van der Waals surface area contributed by atoms with Gasteiger partial charge in [0.05, 0.1) is 5.25 Å². The average molecular weight is 406 g/mol. The lowest BCUT2D eigenvalue weighted by Gasteiger charge is -2.17. The number of carbonyl (C=O) groups is 1. The third kappa shape index (κ3) is 10.0. The molecule has 28 heavy (non-hydrogen) atoms. The first-order chi connectivity index (χ1) is 13.5. The highest BCUT2D eigenvalue weighted by atomic mass is 32.2. The van der Waals surface area contributed by atoms with Crippen molar-refractivity contribution in [3.05, 3.63) is 28.8 Å². The lowest BCUT2D eigenvalue weighted by atomic mass is 10.0. The maximum Gasteiger partial charge on any atom is 0.237 e. The fraction of sp³-hybridized carbons (Fsp3) is 0.720. The number of unbranched alkanes of at least 4 members (excludes halogenated alkanes) is 9. The smallest absolute Gasteiger partial charge is 0.237 e. The van der Waals surface area contributed by atoms with Crippen molar-refractivity contribution < 1.29 is 4.79 Å². The first-order valence-electron chi connectivity index (χ1n) is 11.5. The molecular formula is C25H43NOS. The molecule has 0 saturated heterocycles. The fourth-order valence-corrected chi connectivity index (χ4v) is 4.68. The van der Waals surface area contributed by atoms with Gasteiger partial charge in [-0.15, -0.1) is 11.8 Å². The number of thioether (sulfide) groups is 1. The van der Waals surface area contributed by atoms with Crippen molar-refractivity contribution in [3.8, 4) is 0 Å². The van der Waals surface area contributed by atoms with Crippen LogP contribution < -0.4 is 5.32 Å². The molecule has 3 heteroatoms. The van der Waals surface area contributed by atoms with E-state index < -0.39 is 0 Å². The molecule has 1 rings (SSSR count). The lowest BCUT2D eigenvalue weighted by Crippen LogP contribution is -2.25. The van der Waals surface area contributed by atoms with E-state index in [1.54, 1.807) is 0 Å². The number of aryl methyl sites for hydroxylation is 2. The first kappa shape index (κ1) is 25.1. The third-order valence-corrected chi connectivity index (χ3v) is 7.02. The third-order valence-electron chi connectivity index (χ3n) is 5.55. The van der Waals surface area contributed by atoms with E-state index in [2.05, 4.69) is 52.1 Å². The van der Waals surface area contributed by atoms with Crippen LogP contribution in [-0.2, 0) is 4.79 Å². The minimum absolute atomic E-state index is 0.0544. The van der Waals surface area contributed by atoms with Gasteiger partial charge in [0.1, 0.15) is 0 Å². The normalized spacial score (nSPS) is 12.2. The predicted molar refractivity (Wildman–Crippen MR) is 128 cm³/mol. The highest BCUT2D eigenvalue weighted by Crippen LogP contribution is 2.24. The molecule has 0 saturated carbocycles. The summed E-state index contributed by atoms with van der Waals surface area (Å²) in [5.74, 6) is 1.25. The molecule has 1 aromatic carbocycles. The van der Waals surface area contributed by atoms with Gasteiger partial charge < -0.3 is 5.32 Å². The van der Waals surface area contributed by atoms with Gasteiger partial charge in [0.15, 0.2) is 0 Å². The van der Waals surface area contributed by atoms with Crippen LogP contribution in [0.4, 0.5) is 5.69 Å². The summed E-state index contributed by atoms with van der Waals surface area (Å²) in [6, 6.07) is 4.25. The number of benzene rings is 1. The highest BCUT2D eigenvalue weighted by Gasteiger charge is 2.18. The topological polar surface area (TPSA) is 29.1 Å². The van der Waals surface area contributed by atoms with Gasteiger partial charge in [0, 0.05) is 5.69 Å². The van der Waals surface area contributed by atoms with Crippen molar-refractivity contribution in [1.82, 2.24) is 0 Å². The van der Waals surface area contributed by atoms with Crippen molar-refractivity contribution in [3.63, 3.8) is 0 Å². The summed E-state index contributed by atoms with van der Waals surface area (Å²) in [4.78, 5) is 12.7. The second-order valence-electron chi connectivity index (χ2n) is 8.19. The molecule has 0 spiro atoms. The summed E-state index contributed by atoms with van der Waals surface area (Å²) in [6.07, 6.45) is 14.5. The largest absolute Gasteiger partial charge is 0.325 e. The summed E-state index contributed by atoms with van der Waals surface area (Å²) in [7, 11) is 0. The molecule has 160 valence electrons. The number of anilines is 1. The van der Waals surface area contributed by atoms with Crippen LogP contribution in [0.25, 0.3) is 0 Å². The Morgan fingerprint density at radius 3 is 2.04 bits per heavy atom. The van der Waals surface area contributed by atoms with E-state index in [1.165, 1.54) is 80.9 Å². The fourth-order valence-electron chi connectivity index (χ4n) is 3.58. The van der Waals surface area contributed by atoms with Gasteiger partial charge >= 0.3 is 0 Å². The van der Waals surface area contributed by atoms with Gasteiger partial charge in [-0.1, -0.05) is 77.7 Å². The van der Waals surface area contributed by atoms with Crippen molar-refractivity contribution in [2.75, 3.05) is 11.1 Å². The number of rotatable bonds is 15. The zero-order valence-electron chi connectivity index (χ0n) is 19.0. The van der Waals surface area contributed by atoms with Crippen molar-refractivity contribution in [2.24, 2.45) is 0 Å². The van der Waals surface area contributed by atoms with Crippen LogP contribution in [0.1, 0.15) is 101 Å². The Morgan fingerprint density at radius 1 is 0.893 bits per heavy atom. The SMILES string of the molecule is CCCCCCCCCCCCSC(CC)C(=O)Nc1cc(C)cc(C)c1C. The quantitative estimate of drug-likeness (QED) is 0.300.